The maximum Gasteiger partial charge on any atom is 0.460 e. The first-order chi connectivity index (χ1) is 21.1. The summed E-state index contributed by atoms with van der Waals surface area (Å²) in [5.74, 6) is -69.7. The van der Waals surface area contributed by atoms with E-state index >= 15 is 0 Å². The maximum atomic E-state index is 14.3. The third-order valence-electron chi connectivity index (χ3n) is 6.51. The van der Waals surface area contributed by atoms with E-state index in [4.69, 9.17) is 4.74 Å². The van der Waals surface area contributed by atoms with Crippen LogP contribution >= 0.6 is 0 Å². The molecule has 0 radical (unpaired) electrons. The Morgan fingerprint density at radius 1 is 0.708 bits per heavy atom. The number of carbonyl (C=O) groups is 2. The van der Waals surface area contributed by atoms with Crippen LogP contribution in [0.25, 0.3) is 0 Å². The second-order valence-electron chi connectivity index (χ2n) is 9.90. The highest BCUT2D eigenvalue weighted by atomic mass is 19.4. The molecule has 0 aromatic carbocycles. The van der Waals surface area contributed by atoms with E-state index in [1.165, 1.54) is 0 Å². The van der Waals surface area contributed by atoms with Crippen molar-refractivity contribution in [2.45, 2.75) is 98.4 Å². The van der Waals surface area contributed by atoms with Gasteiger partial charge in [0, 0.05) is 19.5 Å². The Morgan fingerprint density at radius 2 is 1.10 bits per heavy atom. The van der Waals surface area contributed by atoms with Gasteiger partial charge < -0.3 is 19.7 Å². The number of rotatable bonds is 15. The zero-order valence-electron chi connectivity index (χ0n) is 23.2. The number of alkyl halides is 19. The van der Waals surface area contributed by atoms with Gasteiger partial charge in [0.2, 0.25) is 5.91 Å². The summed E-state index contributed by atoms with van der Waals surface area (Å²) >= 11 is 0. The van der Waals surface area contributed by atoms with Gasteiger partial charge in [-0.05, 0) is 13.0 Å². The average Bonchev–Trinajstić information content (AvgIpc) is 3.21. The van der Waals surface area contributed by atoms with Gasteiger partial charge in [-0.1, -0.05) is 0 Å². The van der Waals surface area contributed by atoms with Crippen LogP contribution < -0.4 is 0 Å². The number of aliphatic hydroxyl groups excluding tert-OH is 2. The molecule has 26 heteroatoms. The van der Waals surface area contributed by atoms with Crippen LogP contribution in [-0.2, 0) is 19.1 Å². The standard InChI is InChI=1S/C22H20F19NO6/c1-8(44)3-5-42(9(2)45)13-12(11(46)10(7-43)48-13)47-6-4-14(23,24)15(25,26)16(27,28)17(29,30)18(31,32)19(33,34)20(35,36)21(37,38)22(39,40)41/h3,5,10-13,43,46H,4,6-7H2,1-2H3/b5-3-/t10-,11?,12+,13-/m1/s1. The number of amides is 1. The number of halogens is 19. The van der Waals surface area contributed by atoms with Crippen LogP contribution in [0.15, 0.2) is 12.3 Å². The van der Waals surface area contributed by atoms with Gasteiger partial charge in [-0.25, -0.2) is 0 Å². The van der Waals surface area contributed by atoms with Crippen LogP contribution in [0.3, 0.4) is 0 Å². The summed E-state index contributed by atoms with van der Waals surface area (Å²) in [5.41, 5.74) is 0. The summed E-state index contributed by atoms with van der Waals surface area (Å²) in [4.78, 5) is 23.5. The molecule has 1 rings (SSSR count). The van der Waals surface area contributed by atoms with E-state index in [0.29, 0.717) is 17.2 Å². The summed E-state index contributed by atoms with van der Waals surface area (Å²) in [5, 5.41) is 19.4. The number of aliphatic hydroxyl groups is 2. The lowest BCUT2D eigenvalue weighted by Gasteiger charge is -2.43. The Morgan fingerprint density at radius 3 is 1.46 bits per heavy atom. The molecular weight excluding hydrogens is 735 g/mol. The first-order valence-corrected chi connectivity index (χ1v) is 12.2. The molecule has 7 nitrogen and oxygen atoms in total. The smallest absolute Gasteiger partial charge is 0.394 e. The molecule has 1 fully saturated rings. The molecule has 1 saturated heterocycles. The molecule has 4 atom stereocenters. The summed E-state index contributed by atoms with van der Waals surface area (Å²) in [6, 6.07) is 0. The predicted molar refractivity (Wildman–Crippen MR) is 114 cm³/mol. The van der Waals surface area contributed by atoms with Gasteiger partial charge in [0.1, 0.15) is 18.3 Å². The Bertz CT molecular complexity index is 1200. The zero-order chi connectivity index (χ0) is 38.5. The number of hydrogen-bond donors (Lipinski definition) is 2. The fourth-order valence-electron chi connectivity index (χ4n) is 3.70. The molecule has 0 saturated carbocycles. The number of ether oxygens (including phenoxy) is 2. The predicted octanol–water partition coefficient (Wildman–Crippen LogP) is 5.44. The summed E-state index contributed by atoms with van der Waals surface area (Å²) in [6.45, 7) is -1.68. The molecule has 1 aliphatic heterocycles. The van der Waals surface area contributed by atoms with Crippen molar-refractivity contribution in [2.75, 3.05) is 13.2 Å². The molecule has 0 aromatic heterocycles. The second-order valence-corrected chi connectivity index (χ2v) is 9.90. The first kappa shape index (κ1) is 43.4. The highest BCUT2D eigenvalue weighted by Crippen LogP contribution is 2.65. The molecule has 48 heavy (non-hydrogen) atoms. The Kier molecular flexibility index (Phi) is 12.0. The zero-order valence-corrected chi connectivity index (χ0v) is 23.2. The lowest BCUT2D eigenvalue weighted by molar-refractivity contribution is -0.468. The van der Waals surface area contributed by atoms with Crippen molar-refractivity contribution >= 4 is 11.7 Å². The quantitative estimate of drug-likeness (QED) is 0.171. The van der Waals surface area contributed by atoms with Gasteiger partial charge in [0.25, 0.3) is 0 Å². The minimum atomic E-state index is -9.06. The number of ketones is 1. The Hall–Kier alpha value is -2.61. The first-order valence-electron chi connectivity index (χ1n) is 12.2. The number of carbonyl (C=O) groups excluding carboxylic acids is 2. The highest BCUT2D eigenvalue weighted by molar-refractivity contribution is 5.88. The molecule has 1 heterocycles. The Labute approximate surface area is 254 Å². The van der Waals surface area contributed by atoms with Crippen molar-refractivity contribution < 1.29 is 113 Å². The molecule has 0 aromatic rings. The van der Waals surface area contributed by atoms with Crippen molar-refractivity contribution in [1.29, 1.82) is 0 Å². The minimum Gasteiger partial charge on any atom is -0.394 e. The number of hydrogen-bond acceptors (Lipinski definition) is 6. The number of nitrogens with zero attached hydrogens (tertiary/aromatic N) is 1. The van der Waals surface area contributed by atoms with Crippen molar-refractivity contribution in [3.05, 3.63) is 12.3 Å². The highest BCUT2D eigenvalue weighted by Gasteiger charge is 2.96. The molecule has 1 amide bonds. The third kappa shape index (κ3) is 6.76. The largest absolute Gasteiger partial charge is 0.460 e. The Balaban J connectivity index is 3.47. The topological polar surface area (TPSA) is 96.3 Å². The van der Waals surface area contributed by atoms with Crippen molar-refractivity contribution in [3.63, 3.8) is 0 Å². The lowest BCUT2D eigenvalue weighted by Crippen LogP contribution is -2.75. The van der Waals surface area contributed by atoms with Crippen LogP contribution in [-0.4, -0.2) is 118 Å². The second kappa shape index (κ2) is 13.3. The van der Waals surface area contributed by atoms with E-state index in [1.807, 2.05) is 0 Å². The van der Waals surface area contributed by atoms with Crippen molar-refractivity contribution in [2.24, 2.45) is 0 Å². The van der Waals surface area contributed by atoms with E-state index < -0.39 is 109 Å². The monoisotopic (exact) mass is 755 g/mol. The van der Waals surface area contributed by atoms with Crippen LogP contribution in [0.4, 0.5) is 83.4 Å². The normalized spacial score (nSPS) is 22.8. The molecule has 0 spiro atoms. The lowest BCUT2D eigenvalue weighted by atomic mass is 9.87. The van der Waals surface area contributed by atoms with Crippen molar-refractivity contribution in [1.82, 2.24) is 4.90 Å². The van der Waals surface area contributed by atoms with E-state index in [0.717, 1.165) is 13.8 Å². The summed E-state index contributed by atoms with van der Waals surface area (Å²) in [7, 11) is 0. The SMILES string of the molecule is CC(=O)/C=C\N(C(C)=O)[C@@H]1O[C@H](CO)C(O)[C@@H]1OCCC(F)(F)C(F)(F)C(F)(F)C(F)(F)C(F)(F)C(F)(F)C(F)(F)C(F)(F)C(F)(F)F. The molecule has 0 bridgehead atoms. The average molecular weight is 755 g/mol. The molecule has 0 aliphatic carbocycles. The van der Waals surface area contributed by atoms with Gasteiger partial charge in [0.05, 0.1) is 13.2 Å². The van der Waals surface area contributed by atoms with Gasteiger partial charge in [-0.15, -0.1) is 0 Å². The summed E-state index contributed by atoms with van der Waals surface area (Å²) in [6.07, 6.45) is -18.1. The fourth-order valence-corrected chi connectivity index (χ4v) is 3.70. The fraction of sp³-hybridized carbons (Fsp3) is 0.818. The van der Waals surface area contributed by atoms with E-state index in [1.54, 1.807) is 0 Å². The van der Waals surface area contributed by atoms with Crippen molar-refractivity contribution in [3.8, 4) is 0 Å². The molecule has 282 valence electrons. The molecule has 2 N–H and O–H groups in total. The van der Waals surface area contributed by atoms with Crippen LogP contribution in [0.1, 0.15) is 20.3 Å². The molecular formula is C22H20F19NO6. The van der Waals surface area contributed by atoms with E-state index in [-0.39, 0.29) is 0 Å². The minimum absolute atomic E-state index is 0.368. The van der Waals surface area contributed by atoms with Crippen LogP contribution in [0.5, 0.6) is 0 Å². The van der Waals surface area contributed by atoms with Gasteiger partial charge in [0.15, 0.2) is 12.0 Å². The van der Waals surface area contributed by atoms with Gasteiger partial charge in [-0.3, -0.25) is 14.5 Å². The van der Waals surface area contributed by atoms with Gasteiger partial charge in [-0.2, -0.15) is 83.4 Å². The number of allylic oxidation sites excluding steroid dienone is 1. The van der Waals surface area contributed by atoms with Crippen LogP contribution in [0, 0.1) is 0 Å². The van der Waals surface area contributed by atoms with E-state index in [9.17, 15) is 103 Å². The van der Waals surface area contributed by atoms with E-state index in [2.05, 4.69) is 4.74 Å². The maximum absolute atomic E-state index is 14.3. The van der Waals surface area contributed by atoms with Gasteiger partial charge >= 0.3 is 53.6 Å². The van der Waals surface area contributed by atoms with Crippen LogP contribution in [0.2, 0.25) is 0 Å². The third-order valence-corrected chi connectivity index (χ3v) is 6.51. The summed E-state index contributed by atoms with van der Waals surface area (Å²) < 4.78 is 266. The molecule has 1 unspecified atom stereocenters. The molecule has 1 aliphatic rings.